The zero-order valence-corrected chi connectivity index (χ0v) is 16.9. The molecular weight excluding hydrogens is 294 g/mol. The Morgan fingerprint density at radius 1 is 0.833 bits per heavy atom. The Balaban J connectivity index is 1.34. The van der Waals surface area contributed by atoms with Gasteiger partial charge in [-0.15, -0.1) is 0 Å². The van der Waals surface area contributed by atoms with Crippen LogP contribution >= 0.6 is 0 Å². The van der Waals surface area contributed by atoms with Crippen molar-refractivity contribution in [2.24, 2.45) is 17.8 Å². The predicted molar refractivity (Wildman–Crippen MR) is 103 cm³/mol. The van der Waals surface area contributed by atoms with E-state index in [0.29, 0.717) is 5.54 Å². The Labute approximate surface area is 150 Å². The Bertz CT molecular complexity index is 378. The highest BCUT2D eigenvalue weighted by atomic mass is 15.2. The Morgan fingerprint density at radius 2 is 1.33 bits per heavy atom. The number of hydrogen-bond donors (Lipinski definition) is 0. The Hall–Kier alpha value is -0.120. The van der Waals surface area contributed by atoms with Crippen molar-refractivity contribution >= 4 is 0 Å². The second kappa shape index (κ2) is 7.63. The molecule has 0 spiro atoms. The van der Waals surface area contributed by atoms with Gasteiger partial charge in [0.1, 0.15) is 0 Å². The third kappa shape index (κ3) is 4.53. The first-order valence-electron chi connectivity index (χ1n) is 10.5. The number of hydrogen-bond acceptors (Lipinski definition) is 3. The van der Waals surface area contributed by atoms with Gasteiger partial charge in [0.15, 0.2) is 0 Å². The van der Waals surface area contributed by atoms with Crippen LogP contribution in [0.3, 0.4) is 0 Å². The van der Waals surface area contributed by atoms with E-state index in [9.17, 15) is 0 Å². The summed E-state index contributed by atoms with van der Waals surface area (Å²) in [5.74, 6) is 2.96. The normalized spacial score (nSPS) is 27.8. The topological polar surface area (TPSA) is 9.72 Å². The van der Waals surface area contributed by atoms with Crippen molar-refractivity contribution in [3.8, 4) is 0 Å². The summed E-state index contributed by atoms with van der Waals surface area (Å²) in [6.45, 7) is 21.2. The van der Waals surface area contributed by atoms with Crippen molar-refractivity contribution in [3.63, 3.8) is 0 Å². The van der Waals surface area contributed by atoms with Gasteiger partial charge in [0, 0.05) is 31.2 Å². The van der Waals surface area contributed by atoms with Gasteiger partial charge in [0.2, 0.25) is 0 Å². The Morgan fingerprint density at radius 3 is 1.79 bits per heavy atom. The molecule has 0 radical (unpaired) electrons. The molecule has 0 aromatic heterocycles. The first-order chi connectivity index (χ1) is 11.3. The van der Waals surface area contributed by atoms with E-state index in [1.54, 1.807) is 0 Å². The molecule has 0 aromatic carbocycles. The average Bonchev–Trinajstić information content (AvgIpc) is 2.50. The smallest absolute Gasteiger partial charge is 0.0125 e. The maximum Gasteiger partial charge on any atom is 0.0125 e. The number of rotatable bonds is 4. The van der Waals surface area contributed by atoms with E-state index in [1.165, 1.54) is 71.5 Å². The molecule has 3 aliphatic rings. The monoisotopic (exact) mass is 335 g/mol. The lowest BCUT2D eigenvalue weighted by Gasteiger charge is -2.46. The zero-order chi connectivity index (χ0) is 17.3. The van der Waals surface area contributed by atoms with Gasteiger partial charge in [-0.25, -0.2) is 0 Å². The van der Waals surface area contributed by atoms with E-state index < -0.39 is 0 Å². The minimum atomic E-state index is 0.362. The summed E-state index contributed by atoms with van der Waals surface area (Å²) in [5, 5.41) is 0. The summed E-state index contributed by atoms with van der Waals surface area (Å²) in [6, 6.07) is 0.742. The molecule has 3 saturated heterocycles. The number of nitrogens with zero attached hydrogens (tertiary/aromatic N) is 3. The van der Waals surface area contributed by atoms with Crippen LogP contribution in [0.4, 0.5) is 0 Å². The third-order valence-electron chi connectivity index (χ3n) is 7.02. The quantitative estimate of drug-likeness (QED) is 0.778. The summed E-state index contributed by atoms with van der Waals surface area (Å²) in [5.41, 5.74) is 0.362. The molecular formula is C21H41N3. The molecule has 3 heterocycles. The SMILES string of the molecule is CC(C)N1CC(CN2CCC(C3CCN(C(C)(C)C)CC3)CC2)C1. The van der Waals surface area contributed by atoms with Crippen LogP contribution in [0.1, 0.15) is 60.3 Å². The largest absolute Gasteiger partial charge is 0.303 e. The van der Waals surface area contributed by atoms with Gasteiger partial charge in [-0.3, -0.25) is 4.90 Å². The molecule has 3 fully saturated rings. The van der Waals surface area contributed by atoms with Crippen molar-refractivity contribution in [1.29, 1.82) is 0 Å². The highest BCUT2D eigenvalue weighted by molar-refractivity contribution is 4.88. The summed E-state index contributed by atoms with van der Waals surface area (Å²) in [6.07, 6.45) is 5.80. The average molecular weight is 336 g/mol. The van der Waals surface area contributed by atoms with Crippen LogP contribution in [0.5, 0.6) is 0 Å². The van der Waals surface area contributed by atoms with Crippen LogP contribution in [0.2, 0.25) is 0 Å². The van der Waals surface area contributed by atoms with E-state index in [1.807, 2.05) is 0 Å². The maximum absolute atomic E-state index is 2.77. The van der Waals surface area contributed by atoms with E-state index in [0.717, 1.165) is 23.8 Å². The predicted octanol–water partition coefficient (Wildman–Crippen LogP) is 3.55. The van der Waals surface area contributed by atoms with Gasteiger partial charge >= 0.3 is 0 Å². The molecule has 0 saturated carbocycles. The van der Waals surface area contributed by atoms with Crippen LogP contribution in [0, 0.1) is 17.8 Å². The second-order valence-corrected chi connectivity index (χ2v) is 10.0. The molecule has 3 aliphatic heterocycles. The molecule has 140 valence electrons. The molecule has 0 aliphatic carbocycles. The fraction of sp³-hybridized carbons (Fsp3) is 1.00. The molecule has 0 bridgehead atoms. The fourth-order valence-electron chi connectivity index (χ4n) is 5.16. The molecule has 0 aromatic rings. The minimum absolute atomic E-state index is 0.362. The maximum atomic E-state index is 2.77. The lowest BCUT2D eigenvalue weighted by molar-refractivity contribution is 0.0213. The molecule has 3 heteroatoms. The third-order valence-corrected chi connectivity index (χ3v) is 7.02. The lowest BCUT2D eigenvalue weighted by Crippen LogP contribution is -2.54. The number of likely N-dealkylation sites (tertiary alicyclic amines) is 3. The van der Waals surface area contributed by atoms with E-state index in [4.69, 9.17) is 0 Å². The first kappa shape index (κ1) is 18.7. The highest BCUT2D eigenvalue weighted by Gasteiger charge is 2.34. The van der Waals surface area contributed by atoms with Gasteiger partial charge in [-0.1, -0.05) is 0 Å². The van der Waals surface area contributed by atoms with Crippen molar-refractivity contribution in [1.82, 2.24) is 14.7 Å². The lowest BCUT2D eigenvalue weighted by atomic mass is 9.78. The molecule has 3 nitrogen and oxygen atoms in total. The molecule has 0 atom stereocenters. The summed E-state index contributed by atoms with van der Waals surface area (Å²) < 4.78 is 0. The molecule has 0 amide bonds. The highest BCUT2D eigenvalue weighted by Crippen LogP contribution is 2.34. The molecule has 3 rings (SSSR count). The van der Waals surface area contributed by atoms with Crippen LogP contribution in [-0.2, 0) is 0 Å². The number of piperidine rings is 2. The van der Waals surface area contributed by atoms with Gasteiger partial charge < -0.3 is 9.80 Å². The van der Waals surface area contributed by atoms with Crippen LogP contribution in [0.15, 0.2) is 0 Å². The van der Waals surface area contributed by atoms with E-state index >= 15 is 0 Å². The van der Waals surface area contributed by atoms with Gasteiger partial charge in [0.05, 0.1) is 0 Å². The van der Waals surface area contributed by atoms with E-state index in [-0.39, 0.29) is 0 Å². The van der Waals surface area contributed by atoms with Crippen molar-refractivity contribution in [3.05, 3.63) is 0 Å². The van der Waals surface area contributed by atoms with Gasteiger partial charge in [-0.2, -0.15) is 0 Å². The van der Waals surface area contributed by atoms with Crippen LogP contribution < -0.4 is 0 Å². The van der Waals surface area contributed by atoms with Gasteiger partial charge in [-0.05, 0) is 104 Å². The molecule has 0 unspecified atom stereocenters. The Kier molecular flexibility index (Phi) is 5.94. The van der Waals surface area contributed by atoms with Crippen LogP contribution in [-0.4, -0.2) is 72.1 Å². The molecule has 24 heavy (non-hydrogen) atoms. The van der Waals surface area contributed by atoms with Gasteiger partial charge in [0.25, 0.3) is 0 Å². The molecule has 0 N–H and O–H groups in total. The van der Waals surface area contributed by atoms with Crippen LogP contribution in [0.25, 0.3) is 0 Å². The summed E-state index contributed by atoms with van der Waals surface area (Å²) >= 11 is 0. The zero-order valence-electron chi connectivity index (χ0n) is 16.9. The van der Waals surface area contributed by atoms with E-state index in [2.05, 4.69) is 49.3 Å². The standard InChI is InChI=1S/C21H41N3/c1-17(2)23-15-18(16-23)14-22-10-6-19(7-11-22)20-8-12-24(13-9-20)21(3,4)5/h17-20H,6-16H2,1-5H3. The van der Waals surface area contributed by atoms with Crippen molar-refractivity contribution in [2.45, 2.75) is 71.9 Å². The minimum Gasteiger partial charge on any atom is -0.303 e. The summed E-state index contributed by atoms with van der Waals surface area (Å²) in [4.78, 5) is 8.07. The van der Waals surface area contributed by atoms with Crippen molar-refractivity contribution in [2.75, 3.05) is 45.8 Å². The summed E-state index contributed by atoms with van der Waals surface area (Å²) in [7, 11) is 0. The first-order valence-corrected chi connectivity index (χ1v) is 10.5. The fourth-order valence-corrected chi connectivity index (χ4v) is 5.16. The second-order valence-electron chi connectivity index (χ2n) is 10.0. The van der Waals surface area contributed by atoms with Crippen molar-refractivity contribution < 1.29 is 0 Å².